The Bertz CT molecular complexity index is 1030. The molecule has 30 heavy (non-hydrogen) atoms. The summed E-state index contributed by atoms with van der Waals surface area (Å²) in [4.78, 5) is 26.4. The molecule has 1 heterocycles. The molecule has 0 aromatic heterocycles. The summed E-state index contributed by atoms with van der Waals surface area (Å²) in [5, 5.41) is 2.64. The number of amides is 2. The number of hydrogen-bond acceptors (Lipinski definition) is 5. The summed E-state index contributed by atoms with van der Waals surface area (Å²) in [6.45, 7) is 0.966. The molecule has 3 rings (SSSR count). The van der Waals surface area contributed by atoms with Gasteiger partial charge in [0.05, 0.1) is 12.0 Å². The highest BCUT2D eigenvalue weighted by atomic mass is 32.2. The third kappa shape index (κ3) is 4.91. The van der Waals surface area contributed by atoms with Crippen molar-refractivity contribution in [3.05, 3.63) is 54.1 Å². The first kappa shape index (κ1) is 21.6. The van der Waals surface area contributed by atoms with Crippen LogP contribution in [0.1, 0.15) is 23.2 Å². The maximum Gasteiger partial charge on any atom is 0.262 e. The first-order chi connectivity index (χ1) is 14.3. The van der Waals surface area contributed by atoms with Gasteiger partial charge in [-0.3, -0.25) is 14.3 Å². The van der Waals surface area contributed by atoms with E-state index in [1.54, 1.807) is 42.3 Å². The van der Waals surface area contributed by atoms with Crippen LogP contribution in [0.25, 0.3) is 0 Å². The molecule has 2 aromatic rings. The summed E-state index contributed by atoms with van der Waals surface area (Å²) >= 11 is 0. The van der Waals surface area contributed by atoms with Gasteiger partial charge in [-0.15, -0.1) is 0 Å². The molecule has 1 aliphatic rings. The van der Waals surface area contributed by atoms with Gasteiger partial charge >= 0.3 is 0 Å². The van der Waals surface area contributed by atoms with Gasteiger partial charge in [-0.25, -0.2) is 8.42 Å². The summed E-state index contributed by atoms with van der Waals surface area (Å²) in [7, 11) is -0.759. The molecule has 0 aliphatic carbocycles. The summed E-state index contributed by atoms with van der Waals surface area (Å²) < 4.78 is 32.9. The molecule has 9 heteroatoms. The van der Waals surface area contributed by atoms with Crippen LogP contribution in [0.15, 0.2) is 53.4 Å². The second kappa shape index (κ2) is 9.17. The van der Waals surface area contributed by atoms with Crippen LogP contribution >= 0.6 is 0 Å². The summed E-state index contributed by atoms with van der Waals surface area (Å²) in [6.07, 6.45) is 1.21. The van der Waals surface area contributed by atoms with Crippen LogP contribution in [-0.2, 0) is 14.8 Å². The van der Waals surface area contributed by atoms with E-state index in [1.165, 1.54) is 25.3 Å². The zero-order valence-electron chi connectivity index (χ0n) is 16.9. The second-order valence-corrected chi connectivity index (χ2v) is 8.73. The van der Waals surface area contributed by atoms with Gasteiger partial charge in [0.25, 0.3) is 15.9 Å². The lowest BCUT2D eigenvalue weighted by molar-refractivity contribution is -0.125. The maximum absolute atomic E-state index is 12.8. The fourth-order valence-electron chi connectivity index (χ4n) is 3.43. The number of nitrogens with zero attached hydrogens (tertiary/aromatic N) is 1. The summed E-state index contributed by atoms with van der Waals surface area (Å²) in [5.41, 5.74) is 0.683. The van der Waals surface area contributed by atoms with Gasteiger partial charge in [0, 0.05) is 43.4 Å². The first-order valence-corrected chi connectivity index (χ1v) is 11.1. The van der Waals surface area contributed by atoms with E-state index in [0.29, 0.717) is 42.9 Å². The molecule has 0 radical (unpaired) electrons. The number of sulfonamides is 1. The minimum atomic E-state index is -3.83. The van der Waals surface area contributed by atoms with Crippen molar-refractivity contribution in [2.24, 2.45) is 5.92 Å². The number of ether oxygens (including phenoxy) is 1. The molecule has 1 aliphatic heterocycles. The molecule has 0 saturated carbocycles. The molecule has 2 N–H and O–H groups in total. The van der Waals surface area contributed by atoms with E-state index in [2.05, 4.69) is 10.0 Å². The Hall–Kier alpha value is -3.07. The van der Waals surface area contributed by atoms with Crippen molar-refractivity contribution >= 4 is 27.5 Å². The lowest BCUT2D eigenvalue weighted by Crippen LogP contribution is -2.42. The molecule has 0 bridgehead atoms. The minimum Gasteiger partial charge on any atom is -0.497 e. The van der Waals surface area contributed by atoms with Crippen molar-refractivity contribution in [1.29, 1.82) is 0 Å². The highest BCUT2D eigenvalue weighted by Crippen LogP contribution is 2.23. The zero-order chi connectivity index (χ0) is 21.7. The zero-order valence-corrected chi connectivity index (χ0v) is 17.7. The van der Waals surface area contributed by atoms with Gasteiger partial charge in [0.2, 0.25) is 5.91 Å². The maximum atomic E-state index is 12.8. The van der Waals surface area contributed by atoms with Crippen LogP contribution in [0, 0.1) is 5.92 Å². The van der Waals surface area contributed by atoms with Gasteiger partial charge in [0.15, 0.2) is 0 Å². The molecule has 2 aromatic carbocycles. The molecular formula is C21H25N3O5S. The number of nitrogens with one attached hydrogen (secondary N) is 2. The summed E-state index contributed by atoms with van der Waals surface area (Å²) in [5.74, 6) is 0.158. The molecule has 8 nitrogen and oxygen atoms in total. The normalized spacial score (nSPS) is 14.8. The molecule has 0 atom stereocenters. The number of hydrogen-bond donors (Lipinski definition) is 2. The smallest absolute Gasteiger partial charge is 0.262 e. The van der Waals surface area contributed by atoms with E-state index >= 15 is 0 Å². The van der Waals surface area contributed by atoms with Gasteiger partial charge < -0.3 is 15.0 Å². The standard InChI is InChI=1S/C21H25N3O5S/c1-22-20(25)15-9-11-24(12-10-15)21(26)16-5-3-6-17(13-16)23-30(27,28)19-8-4-7-18(14-19)29-2/h3-8,13-15,23H,9-12H2,1-2H3,(H,22,25). The number of carbonyl (C=O) groups is 2. The Morgan fingerprint density at radius 2 is 1.77 bits per heavy atom. The highest BCUT2D eigenvalue weighted by molar-refractivity contribution is 7.92. The summed E-state index contributed by atoms with van der Waals surface area (Å²) in [6, 6.07) is 12.5. The van der Waals surface area contributed by atoms with E-state index < -0.39 is 10.0 Å². The number of rotatable bonds is 6. The van der Waals surface area contributed by atoms with Crippen LogP contribution in [-0.4, -0.2) is 52.4 Å². The van der Waals surface area contributed by atoms with Gasteiger partial charge in [0.1, 0.15) is 5.75 Å². The Balaban J connectivity index is 1.71. The predicted molar refractivity (Wildman–Crippen MR) is 113 cm³/mol. The van der Waals surface area contributed by atoms with Gasteiger partial charge in [-0.1, -0.05) is 12.1 Å². The molecule has 0 unspecified atom stereocenters. The number of likely N-dealkylation sites (tertiary alicyclic amines) is 1. The Morgan fingerprint density at radius 1 is 1.07 bits per heavy atom. The van der Waals surface area contributed by atoms with Crippen molar-refractivity contribution < 1.29 is 22.7 Å². The number of piperidine rings is 1. The Labute approximate surface area is 176 Å². The largest absolute Gasteiger partial charge is 0.497 e. The molecule has 160 valence electrons. The predicted octanol–water partition coefficient (Wildman–Crippen LogP) is 2.09. The van der Waals surface area contributed by atoms with Crippen LogP contribution in [0.2, 0.25) is 0 Å². The third-order valence-corrected chi connectivity index (χ3v) is 6.49. The van der Waals surface area contributed by atoms with Crippen molar-refractivity contribution in [2.75, 3.05) is 32.0 Å². The van der Waals surface area contributed by atoms with Crippen LogP contribution in [0.5, 0.6) is 5.75 Å². The van der Waals surface area contributed by atoms with E-state index in [1.807, 2.05) is 0 Å². The lowest BCUT2D eigenvalue weighted by atomic mass is 9.95. The van der Waals surface area contributed by atoms with Crippen molar-refractivity contribution in [3.63, 3.8) is 0 Å². The molecular weight excluding hydrogens is 406 g/mol. The van der Waals surface area contributed by atoms with Gasteiger partial charge in [-0.2, -0.15) is 0 Å². The van der Waals surface area contributed by atoms with E-state index in [4.69, 9.17) is 4.74 Å². The Kier molecular flexibility index (Phi) is 6.61. The quantitative estimate of drug-likeness (QED) is 0.729. The highest BCUT2D eigenvalue weighted by Gasteiger charge is 2.27. The van der Waals surface area contributed by atoms with Crippen molar-refractivity contribution in [3.8, 4) is 5.75 Å². The lowest BCUT2D eigenvalue weighted by Gasteiger charge is -2.31. The van der Waals surface area contributed by atoms with Gasteiger partial charge in [-0.05, 0) is 43.2 Å². The van der Waals surface area contributed by atoms with Crippen molar-refractivity contribution in [2.45, 2.75) is 17.7 Å². The number of methoxy groups -OCH3 is 1. The minimum absolute atomic E-state index is 0.00366. The molecule has 2 amide bonds. The fourth-order valence-corrected chi connectivity index (χ4v) is 4.51. The monoisotopic (exact) mass is 431 g/mol. The van der Waals surface area contributed by atoms with E-state index in [9.17, 15) is 18.0 Å². The second-order valence-electron chi connectivity index (χ2n) is 7.05. The van der Waals surface area contributed by atoms with Crippen molar-refractivity contribution in [1.82, 2.24) is 10.2 Å². The average Bonchev–Trinajstić information content (AvgIpc) is 2.78. The average molecular weight is 432 g/mol. The topological polar surface area (TPSA) is 105 Å². The third-order valence-electron chi connectivity index (χ3n) is 5.11. The number of carbonyl (C=O) groups excluding carboxylic acids is 2. The van der Waals surface area contributed by atoms with E-state index in [-0.39, 0.29) is 22.6 Å². The fraction of sp³-hybridized carbons (Fsp3) is 0.333. The molecule has 1 fully saturated rings. The molecule has 0 spiro atoms. The number of benzene rings is 2. The van der Waals surface area contributed by atoms with Crippen LogP contribution in [0.3, 0.4) is 0 Å². The van der Waals surface area contributed by atoms with E-state index in [0.717, 1.165) is 0 Å². The molecule has 1 saturated heterocycles. The first-order valence-electron chi connectivity index (χ1n) is 9.62. The van der Waals surface area contributed by atoms with Crippen LogP contribution < -0.4 is 14.8 Å². The SMILES string of the molecule is CNC(=O)C1CCN(C(=O)c2cccc(NS(=O)(=O)c3cccc(OC)c3)c2)CC1. The Morgan fingerprint density at radius 3 is 2.43 bits per heavy atom. The van der Waals surface area contributed by atoms with Crippen LogP contribution in [0.4, 0.5) is 5.69 Å². The number of anilines is 1.